The third-order valence-electron chi connectivity index (χ3n) is 5.14. The molecular formula is C24H17Cl2NO5. The van der Waals surface area contributed by atoms with Gasteiger partial charge in [-0.25, -0.2) is 0 Å². The average Bonchev–Trinajstić information content (AvgIpc) is 3.04. The molecule has 1 aliphatic heterocycles. The Hall–Kier alpha value is -3.48. The fourth-order valence-electron chi connectivity index (χ4n) is 3.70. The highest BCUT2D eigenvalue weighted by atomic mass is 35.5. The molecular weight excluding hydrogens is 453 g/mol. The first-order chi connectivity index (χ1) is 15.3. The molecule has 4 rings (SSSR count). The van der Waals surface area contributed by atoms with Crippen molar-refractivity contribution in [3.63, 3.8) is 0 Å². The number of benzene rings is 3. The molecule has 6 nitrogen and oxygen atoms in total. The number of hydrogen-bond donors (Lipinski definition) is 2. The second-order valence-corrected chi connectivity index (χ2v) is 7.94. The number of carbonyl (C=O) groups excluding carboxylic acids is 2. The minimum Gasteiger partial charge on any atom is -0.508 e. The summed E-state index contributed by atoms with van der Waals surface area (Å²) in [7, 11) is 1.46. The molecule has 3 aromatic carbocycles. The van der Waals surface area contributed by atoms with Gasteiger partial charge in [0.15, 0.2) is 0 Å². The van der Waals surface area contributed by atoms with Crippen LogP contribution in [0.5, 0.6) is 11.5 Å². The number of anilines is 1. The van der Waals surface area contributed by atoms with Gasteiger partial charge in [-0.2, -0.15) is 0 Å². The van der Waals surface area contributed by atoms with E-state index in [9.17, 15) is 19.8 Å². The second kappa shape index (κ2) is 8.57. The van der Waals surface area contributed by atoms with Gasteiger partial charge in [-0.05, 0) is 54.1 Å². The molecule has 1 heterocycles. The molecule has 8 heteroatoms. The van der Waals surface area contributed by atoms with Crippen molar-refractivity contribution in [2.45, 2.75) is 6.04 Å². The monoisotopic (exact) mass is 469 g/mol. The van der Waals surface area contributed by atoms with Crippen molar-refractivity contribution in [3.8, 4) is 11.5 Å². The van der Waals surface area contributed by atoms with Gasteiger partial charge in [0, 0.05) is 16.3 Å². The van der Waals surface area contributed by atoms with Gasteiger partial charge < -0.3 is 14.9 Å². The lowest BCUT2D eigenvalue weighted by Crippen LogP contribution is -2.29. The molecule has 0 aromatic heterocycles. The summed E-state index contributed by atoms with van der Waals surface area (Å²) in [6.07, 6.45) is 0. The average molecular weight is 470 g/mol. The van der Waals surface area contributed by atoms with Crippen LogP contribution in [-0.4, -0.2) is 29.0 Å². The van der Waals surface area contributed by atoms with E-state index < -0.39 is 23.5 Å². The Bertz CT molecular complexity index is 1270. The molecule has 0 aliphatic carbocycles. The standard InChI is InChI=1S/C24H17Cl2NO5/c1-32-19-9-8-14(11-18(19)26)22(29)20-21(13-4-2-7-17(28)10-13)27(24(31)23(20)30)16-6-3-5-15(25)12-16/h2-12,21,28-29H,1H3/b22-20+. The number of aliphatic hydroxyl groups excluding tert-OH is 1. The maximum Gasteiger partial charge on any atom is 0.300 e. The van der Waals surface area contributed by atoms with Crippen molar-refractivity contribution < 1.29 is 24.5 Å². The van der Waals surface area contributed by atoms with E-state index in [1.54, 1.807) is 42.5 Å². The van der Waals surface area contributed by atoms with Gasteiger partial charge in [0.25, 0.3) is 11.7 Å². The normalized spacial score (nSPS) is 17.6. The molecule has 32 heavy (non-hydrogen) atoms. The molecule has 0 spiro atoms. The number of ketones is 1. The number of ether oxygens (including phenoxy) is 1. The number of hydrogen-bond acceptors (Lipinski definition) is 5. The first-order valence-electron chi connectivity index (χ1n) is 9.51. The third kappa shape index (κ3) is 3.79. The summed E-state index contributed by atoms with van der Waals surface area (Å²) in [5.74, 6) is -1.76. The molecule has 1 aliphatic rings. The number of nitrogens with zero attached hydrogens (tertiary/aromatic N) is 1. The van der Waals surface area contributed by atoms with Crippen LogP contribution in [0.25, 0.3) is 5.76 Å². The number of aromatic hydroxyl groups is 1. The van der Waals surface area contributed by atoms with Crippen LogP contribution < -0.4 is 9.64 Å². The largest absolute Gasteiger partial charge is 0.508 e. The number of amides is 1. The van der Waals surface area contributed by atoms with Crippen molar-refractivity contribution >= 4 is 46.3 Å². The summed E-state index contributed by atoms with van der Waals surface area (Å²) in [5, 5.41) is 21.7. The smallest absolute Gasteiger partial charge is 0.300 e. The van der Waals surface area contributed by atoms with Gasteiger partial charge >= 0.3 is 0 Å². The van der Waals surface area contributed by atoms with Gasteiger partial charge in [0.05, 0.1) is 23.7 Å². The minimum atomic E-state index is -0.999. The molecule has 1 atom stereocenters. The topological polar surface area (TPSA) is 87.1 Å². The number of carbonyl (C=O) groups is 2. The Kier molecular flexibility index (Phi) is 5.82. The zero-order chi connectivity index (χ0) is 23.0. The molecule has 1 unspecified atom stereocenters. The molecule has 0 radical (unpaired) electrons. The van der Waals surface area contributed by atoms with Crippen molar-refractivity contribution in [1.82, 2.24) is 0 Å². The van der Waals surface area contributed by atoms with E-state index in [1.165, 1.54) is 36.3 Å². The quantitative estimate of drug-likeness (QED) is 0.306. The van der Waals surface area contributed by atoms with E-state index in [-0.39, 0.29) is 21.9 Å². The summed E-state index contributed by atoms with van der Waals surface area (Å²) in [6.45, 7) is 0. The maximum absolute atomic E-state index is 13.1. The van der Waals surface area contributed by atoms with Crippen LogP contribution in [-0.2, 0) is 9.59 Å². The Morgan fingerprint density at radius 3 is 2.41 bits per heavy atom. The van der Waals surface area contributed by atoms with Crippen LogP contribution in [0.15, 0.2) is 72.3 Å². The fourth-order valence-corrected chi connectivity index (χ4v) is 4.15. The highest BCUT2D eigenvalue weighted by molar-refractivity contribution is 6.52. The predicted molar refractivity (Wildman–Crippen MR) is 122 cm³/mol. The summed E-state index contributed by atoms with van der Waals surface area (Å²) in [5.41, 5.74) is 0.914. The van der Waals surface area contributed by atoms with Gasteiger partial charge in [-0.15, -0.1) is 0 Å². The zero-order valence-corrected chi connectivity index (χ0v) is 18.3. The van der Waals surface area contributed by atoms with Gasteiger partial charge in [0.2, 0.25) is 0 Å². The van der Waals surface area contributed by atoms with Gasteiger partial charge in [-0.1, -0.05) is 41.4 Å². The molecule has 1 amide bonds. The van der Waals surface area contributed by atoms with Crippen molar-refractivity contribution in [1.29, 1.82) is 0 Å². The van der Waals surface area contributed by atoms with Crippen LogP contribution >= 0.6 is 23.2 Å². The highest BCUT2D eigenvalue weighted by Crippen LogP contribution is 2.43. The summed E-state index contributed by atoms with van der Waals surface area (Å²) in [4.78, 5) is 27.4. The van der Waals surface area contributed by atoms with E-state index in [0.29, 0.717) is 22.0 Å². The van der Waals surface area contributed by atoms with Crippen LogP contribution in [0.4, 0.5) is 5.69 Å². The lowest BCUT2D eigenvalue weighted by atomic mass is 9.95. The molecule has 0 bridgehead atoms. The Morgan fingerprint density at radius 1 is 1.00 bits per heavy atom. The van der Waals surface area contributed by atoms with Crippen LogP contribution in [0.1, 0.15) is 17.2 Å². The molecule has 1 saturated heterocycles. The number of phenols is 1. The summed E-state index contributed by atoms with van der Waals surface area (Å²) < 4.78 is 5.13. The number of Topliss-reactive ketones (excluding diaryl/α,β-unsaturated/α-hetero) is 1. The van der Waals surface area contributed by atoms with Crippen molar-refractivity contribution in [2.75, 3.05) is 12.0 Å². The maximum atomic E-state index is 13.1. The lowest BCUT2D eigenvalue weighted by molar-refractivity contribution is -0.132. The van der Waals surface area contributed by atoms with E-state index in [4.69, 9.17) is 27.9 Å². The zero-order valence-electron chi connectivity index (χ0n) is 16.8. The van der Waals surface area contributed by atoms with E-state index in [0.717, 1.165) is 0 Å². The van der Waals surface area contributed by atoms with E-state index in [1.807, 2.05) is 0 Å². The lowest BCUT2D eigenvalue weighted by Gasteiger charge is -2.25. The Morgan fingerprint density at radius 2 is 1.75 bits per heavy atom. The van der Waals surface area contributed by atoms with Crippen LogP contribution in [0, 0.1) is 0 Å². The number of aliphatic hydroxyl groups is 1. The van der Waals surface area contributed by atoms with Crippen molar-refractivity contribution in [3.05, 3.63) is 93.5 Å². The number of halogens is 2. The molecule has 3 aromatic rings. The van der Waals surface area contributed by atoms with E-state index >= 15 is 0 Å². The first kappa shape index (κ1) is 21.7. The SMILES string of the molecule is COc1ccc(/C(O)=C2\C(=O)C(=O)N(c3cccc(Cl)c3)C2c2cccc(O)c2)cc1Cl. The Balaban J connectivity index is 1.95. The number of rotatable bonds is 4. The molecule has 2 N–H and O–H groups in total. The Labute approximate surface area is 193 Å². The molecule has 0 saturated carbocycles. The molecule has 162 valence electrons. The highest BCUT2D eigenvalue weighted by Gasteiger charge is 2.47. The minimum absolute atomic E-state index is 0.0494. The van der Waals surface area contributed by atoms with Gasteiger partial charge in [0.1, 0.15) is 17.3 Å². The summed E-state index contributed by atoms with van der Waals surface area (Å²) >= 11 is 12.3. The second-order valence-electron chi connectivity index (χ2n) is 7.09. The fraction of sp³-hybridized carbons (Fsp3) is 0.0833. The van der Waals surface area contributed by atoms with Crippen LogP contribution in [0.2, 0.25) is 10.0 Å². The van der Waals surface area contributed by atoms with Crippen molar-refractivity contribution in [2.24, 2.45) is 0 Å². The van der Waals surface area contributed by atoms with Crippen LogP contribution in [0.3, 0.4) is 0 Å². The van der Waals surface area contributed by atoms with Gasteiger partial charge in [-0.3, -0.25) is 14.5 Å². The summed E-state index contributed by atoms with van der Waals surface area (Å²) in [6, 6.07) is 16.2. The number of methoxy groups -OCH3 is 1. The van der Waals surface area contributed by atoms with E-state index in [2.05, 4.69) is 0 Å². The first-order valence-corrected chi connectivity index (χ1v) is 10.3. The molecule has 1 fully saturated rings. The predicted octanol–water partition coefficient (Wildman–Crippen LogP) is 5.33. The third-order valence-corrected chi connectivity index (χ3v) is 5.67. The number of phenolic OH excluding ortho intramolecular Hbond substituents is 1.